The molecular formula is C11H21NO2. The summed E-state index contributed by atoms with van der Waals surface area (Å²) in [6.45, 7) is 3.04. The third-order valence-corrected chi connectivity index (χ3v) is 3.07. The normalized spacial score (nSPS) is 27.3. The summed E-state index contributed by atoms with van der Waals surface area (Å²) in [5.41, 5.74) is 0. The van der Waals surface area contributed by atoms with E-state index in [9.17, 15) is 4.79 Å². The fourth-order valence-corrected chi connectivity index (χ4v) is 2.08. The zero-order valence-corrected chi connectivity index (χ0v) is 9.21. The van der Waals surface area contributed by atoms with E-state index in [1.54, 1.807) is 0 Å². The molecule has 0 amide bonds. The molecule has 0 aromatic carbocycles. The number of esters is 1. The molecule has 0 saturated heterocycles. The van der Waals surface area contributed by atoms with Gasteiger partial charge in [0.15, 0.2) is 0 Å². The van der Waals surface area contributed by atoms with Gasteiger partial charge >= 0.3 is 5.97 Å². The van der Waals surface area contributed by atoms with Crippen LogP contribution in [0.1, 0.15) is 39.0 Å². The summed E-state index contributed by atoms with van der Waals surface area (Å²) in [6, 6.07) is 0.605. The van der Waals surface area contributed by atoms with Crippen LogP contribution in [0.5, 0.6) is 0 Å². The Morgan fingerprint density at radius 3 is 2.79 bits per heavy atom. The second-order valence-electron chi connectivity index (χ2n) is 4.15. The van der Waals surface area contributed by atoms with Crippen molar-refractivity contribution in [2.75, 3.05) is 13.7 Å². The predicted octanol–water partition coefficient (Wildman–Crippen LogP) is 1.72. The first-order chi connectivity index (χ1) is 6.74. The minimum absolute atomic E-state index is 0.124. The largest absolute Gasteiger partial charge is 0.469 e. The Bertz CT molecular complexity index is 182. The van der Waals surface area contributed by atoms with E-state index in [-0.39, 0.29) is 5.97 Å². The first-order valence-electron chi connectivity index (χ1n) is 5.54. The van der Waals surface area contributed by atoms with Crippen LogP contribution in [0.15, 0.2) is 0 Å². The molecule has 0 heterocycles. The lowest BCUT2D eigenvalue weighted by Crippen LogP contribution is -2.38. The molecule has 3 nitrogen and oxygen atoms in total. The minimum Gasteiger partial charge on any atom is -0.469 e. The summed E-state index contributed by atoms with van der Waals surface area (Å²) >= 11 is 0. The van der Waals surface area contributed by atoms with Crippen molar-refractivity contribution in [1.29, 1.82) is 0 Å². The van der Waals surface area contributed by atoms with E-state index < -0.39 is 0 Å². The van der Waals surface area contributed by atoms with E-state index in [4.69, 9.17) is 0 Å². The quantitative estimate of drug-likeness (QED) is 0.701. The highest BCUT2D eigenvalue weighted by molar-refractivity contribution is 5.69. The number of carbonyl (C=O) groups is 1. The number of carbonyl (C=O) groups excluding carboxylic acids is 1. The van der Waals surface area contributed by atoms with E-state index in [1.165, 1.54) is 32.8 Å². The number of hydrogen-bond donors (Lipinski definition) is 1. The first-order valence-corrected chi connectivity index (χ1v) is 5.54. The second kappa shape index (κ2) is 6.02. The van der Waals surface area contributed by atoms with Crippen LogP contribution in [0.3, 0.4) is 0 Å². The van der Waals surface area contributed by atoms with E-state index in [0.717, 1.165) is 12.5 Å². The Labute approximate surface area is 86.2 Å². The van der Waals surface area contributed by atoms with E-state index in [0.29, 0.717) is 12.5 Å². The van der Waals surface area contributed by atoms with Gasteiger partial charge < -0.3 is 10.1 Å². The van der Waals surface area contributed by atoms with Gasteiger partial charge in [-0.25, -0.2) is 0 Å². The molecule has 2 unspecified atom stereocenters. The number of nitrogens with one attached hydrogen (secondary N) is 1. The zero-order chi connectivity index (χ0) is 10.4. The Morgan fingerprint density at radius 2 is 2.14 bits per heavy atom. The molecule has 1 aliphatic carbocycles. The van der Waals surface area contributed by atoms with Crippen molar-refractivity contribution < 1.29 is 9.53 Å². The van der Waals surface area contributed by atoms with E-state index >= 15 is 0 Å². The summed E-state index contributed by atoms with van der Waals surface area (Å²) in [5, 5.41) is 3.44. The summed E-state index contributed by atoms with van der Waals surface area (Å²) in [5.74, 6) is 0.627. The smallest absolute Gasteiger partial charge is 0.306 e. The van der Waals surface area contributed by atoms with Crippen LogP contribution in [0.25, 0.3) is 0 Å². The lowest BCUT2D eigenvalue weighted by molar-refractivity contribution is -0.140. The van der Waals surface area contributed by atoms with Crippen LogP contribution in [0, 0.1) is 5.92 Å². The molecule has 82 valence electrons. The Balaban J connectivity index is 2.13. The van der Waals surface area contributed by atoms with Crippen molar-refractivity contribution in [2.24, 2.45) is 5.92 Å². The molecule has 0 aromatic rings. The van der Waals surface area contributed by atoms with Crippen LogP contribution >= 0.6 is 0 Å². The summed E-state index contributed by atoms with van der Waals surface area (Å²) in [6.07, 6.45) is 5.73. The van der Waals surface area contributed by atoms with Gasteiger partial charge in [0.2, 0.25) is 0 Å². The lowest BCUT2D eigenvalue weighted by atomic mass is 9.86. The van der Waals surface area contributed by atoms with Gasteiger partial charge in [-0.1, -0.05) is 19.8 Å². The van der Waals surface area contributed by atoms with Crippen molar-refractivity contribution in [3.05, 3.63) is 0 Å². The molecule has 1 saturated carbocycles. The maximum Gasteiger partial charge on any atom is 0.306 e. The fraction of sp³-hybridized carbons (Fsp3) is 0.909. The molecule has 0 aliphatic heterocycles. The van der Waals surface area contributed by atoms with Gasteiger partial charge in [-0.05, 0) is 18.8 Å². The highest BCUT2D eigenvalue weighted by atomic mass is 16.5. The van der Waals surface area contributed by atoms with Gasteiger partial charge in [-0.15, -0.1) is 0 Å². The van der Waals surface area contributed by atoms with Crippen molar-refractivity contribution in [3.63, 3.8) is 0 Å². The standard InChI is InChI=1S/C11H21NO2/c1-9-5-3-4-6-10(9)12-8-7-11(13)14-2/h9-10,12H,3-8H2,1-2H3. The lowest BCUT2D eigenvalue weighted by Gasteiger charge is -2.29. The van der Waals surface area contributed by atoms with Gasteiger partial charge in [-0.2, -0.15) is 0 Å². The summed E-state index contributed by atoms with van der Waals surface area (Å²) in [7, 11) is 1.44. The highest BCUT2D eigenvalue weighted by Gasteiger charge is 2.20. The average molecular weight is 199 g/mol. The topological polar surface area (TPSA) is 38.3 Å². The molecule has 0 radical (unpaired) electrons. The van der Waals surface area contributed by atoms with Gasteiger partial charge in [0.05, 0.1) is 13.5 Å². The molecule has 2 atom stereocenters. The van der Waals surface area contributed by atoms with Crippen LogP contribution in [-0.4, -0.2) is 25.7 Å². The number of ether oxygens (including phenoxy) is 1. The van der Waals surface area contributed by atoms with Gasteiger partial charge in [0.25, 0.3) is 0 Å². The predicted molar refractivity (Wildman–Crippen MR) is 56.1 cm³/mol. The molecule has 14 heavy (non-hydrogen) atoms. The van der Waals surface area contributed by atoms with Gasteiger partial charge in [-0.3, -0.25) is 4.79 Å². The van der Waals surface area contributed by atoms with Crippen LogP contribution in [0.2, 0.25) is 0 Å². The maximum atomic E-state index is 10.9. The second-order valence-corrected chi connectivity index (χ2v) is 4.15. The van der Waals surface area contributed by atoms with Crippen LogP contribution in [-0.2, 0) is 9.53 Å². The molecule has 0 bridgehead atoms. The number of hydrogen-bond acceptors (Lipinski definition) is 3. The molecule has 0 spiro atoms. The monoisotopic (exact) mass is 199 g/mol. The molecule has 3 heteroatoms. The summed E-state index contributed by atoms with van der Waals surface area (Å²) < 4.78 is 4.59. The zero-order valence-electron chi connectivity index (χ0n) is 9.21. The Hall–Kier alpha value is -0.570. The highest BCUT2D eigenvalue weighted by Crippen LogP contribution is 2.23. The first kappa shape index (κ1) is 11.5. The number of methoxy groups -OCH3 is 1. The molecule has 1 N–H and O–H groups in total. The third kappa shape index (κ3) is 3.66. The van der Waals surface area contributed by atoms with Crippen molar-refractivity contribution >= 4 is 5.97 Å². The molecule has 1 fully saturated rings. The molecular weight excluding hydrogens is 178 g/mol. The third-order valence-electron chi connectivity index (χ3n) is 3.07. The van der Waals surface area contributed by atoms with E-state index in [1.807, 2.05) is 0 Å². The van der Waals surface area contributed by atoms with Crippen molar-refractivity contribution in [1.82, 2.24) is 5.32 Å². The van der Waals surface area contributed by atoms with Crippen molar-refractivity contribution in [3.8, 4) is 0 Å². The summed E-state index contributed by atoms with van der Waals surface area (Å²) in [4.78, 5) is 10.9. The Morgan fingerprint density at radius 1 is 1.43 bits per heavy atom. The van der Waals surface area contributed by atoms with Gasteiger partial charge in [0, 0.05) is 12.6 Å². The maximum absolute atomic E-state index is 10.9. The molecule has 0 aromatic heterocycles. The fourth-order valence-electron chi connectivity index (χ4n) is 2.08. The average Bonchev–Trinajstić information content (AvgIpc) is 2.20. The minimum atomic E-state index is -0.124. The van der Waals surface area contributed by atoms with Gasteiger partial charge in [0.1, 0.15) is 0 Å². The van der Waals surface area contributed by atoms with Crippen molar-refractivity contribution in [2.45, 2.75) is 45.1 Å². The SMILES string of the molecule is COC(=O)CCNC1CCCCC1C. The molecule has 1 aliphatic rings. The Kier molecular flexibility index (Phi) is 4.94. The molecule has 1 rings (SSSR count). The van der Waals surface area contributed by atoms with E-state index in [2.05, 4.69) is 17.0 Å². The van der Waals surface area contributed by atoms with Crippen LogP contribution < -0.4 is 5.32 Å². The number of rotatable bonds is 4. The van der Waals surface area contributed by atoms with Crippen LogP contribution in [0.4, 0.5) is 0 Å².